The molecule has 14 heavy (non-hydrogen) atoms. The molecule has 1 heterocycles. The van der Waals surface area contributed by atoms with E-state index in [1.165, 1.54) is 7.11 Å². The molecule has 0 saturated heterocycles. The summed E-state index contributed by atoms with van der Waals surface area (Å²) in [5.41, 5.74) is 6.38. The smallest absolute Gasteiger partial charge is 0.328 e. The lowest BCUT2D eigenvalue weighted by Crippen LogP contribution is -2.25. The summed E-state index contributed by atoms with van der Waals surface area (Å²) in [6.07, 6.45) is 4.23. The molecule has 2 N–H and O–H groups in total. The van der Waals surface area contributed by atoms with Crippen LogP contribution in [0.15, 0.2) is 12.5 Å². The molecule has 1 aromatic heterocycles. The minimum absolute atomic E-state index is 0.442. The predicted molar refractivity (Wildman–Crippen MR) is 51.5 cm³/mol. The summed E-state index contributed by atoms with van der Waals surface area (Å²) >= 11 is 0. The quantitative estimate of drug-likeness (QED) is 0.712. The summed E-state index contributed by atoms with van der Waals surface area (Å²) in [6.45, 7) is 2.85. The van der Waals surface area contributed by atoms with Crippen LogP contribution in [0.25, 0.3) is 0 Å². The van der Waals surface area contributed by atoms with E-state index >= 15 is 0 Å². The van der Waals surface area contributed by atoms with Crippen molar-refractivity contribution in [2.24, 2.45) is 5.73 Å². The topological polar surface area (TPSA) is 70.1 Å². The Kier molecular flexibility index (Phi) is 3.64. The van der Waals surface area contributed by atoms with Crippen LogP contribution in [0.2, 0.25) is 0 Å². The number of aromatic nitrogens is 2. The Morgan fingerprint density at radius 3 is 3.07 bits per heavy atom. The van der Waals surface area contributed by atoms with Crippen LogP contribution in [0.3, 0.4) is 0 Å². The van der Waals surface area contributed by atoms with Gasteiger partial charge in [0.05, 0.1) is 25.3 Å². The average Bonchev–Trinajstić information content (AvgIpc) is 2.64. The first kappa shape index (κ1) is 10.7. The number of carbonyl (C=O) groups excluding carboxylic acids is 1. The highest BCUT2D eigenvalue weighted by Crippen LogP contribution is 2.11. The average molecular weight is 197 g/mol. The SMILES string of the molecule is CCCn1cncc1C(N)C(=O)OC. The highest BCUT2D eigenvalue weighted by Gasteiger charge is 2.19. The van der Waals surface area contributed by atoms with E-state index in [0.29, 0.717) is 5.69 Å². The van der Waals surface area contributed by atoms with E-state index in [1.54, 1.807) is 12.5 Å². The number of esters is 1. The van der Waals surface area contributed by atoms with E-state index in [0.717, 1.165) is 13.0 Å². The van der Waals surface area contributed by atoms with Gasteiger partial charge >= 0.3 is 5.97 Å². The Morgan fingerprint density at radius 1 is 1.79 bits per heavy atom. The molecule has 0 aliphatic rings. The molecule has 1 atom stereocenters. The second-order valence-electron chi connectivity index (χ2n) is 3.01. The van der Waals surface area contributed by atoms with Crippen molar-refractivity contribution in [3.63, 3.8) is 0 Å². The summed E-state index contributed by atoms with van der Waals surface area (Å²) in [5.74, 6) is -0.442. The zero-order valence-electron chi connectivity index (χ0n) is 8.43. The molecular weight excluding hydrogens is 182 g/mol. The maximum atomic E-state index is 11.2. The van der Waals surface area contributed by atoms with Gasteiger partial charge in [-0.1, -0.05) is 6.92 Å². The molecule has 0 radical (unpaired) electrons. The summed E-state index contributed by atoms with van der Waals surface area (Å²) in [7, 11) is 1.32. The third-order valence-electron chi connectivity index (χ3n) is 1.98. The second kappa shape index (κ2) is 4.76. The molecule has 0 bridgehead atoms. The number of carbonyl (C=O) groups is 1. The standard InChI is InChI=1S/C9H15N3O2/c1-3-4-12-6-11-5-7(12)8(10)9(13)14-2/h5-6,8H,3-4,10H2,1-2H3. The van der Waals surface area contributed by atoms with Crippen molar-refractivity contribution >= 4 is 5.97 Å². The number of nitrogens with zero attached hydrogens (tertiary/aromatic N) is 2. The van der Waals surface area contributed by atoms with Gasteiger partial charge in [0, 0.05) is 6.54 Å². The van der Waals surface area contributed by atoms with E-state index in [4.69, 9.17) is 5.73 Å². The van der Waals surface area contributed by atoms with E-state index in [9.17, 15) is 4.79 Å². The molecule has 0 aliphatic heterocycles. The lowest BCUT2D eigenvalue weighted by molar-refractivity contribution is -0.142. The van der Waals surface area contributed by atoms with Gasteiger partial charge in [-0.15, -0.1) is 0 Å². The zero-order valence-corrected chi connectivity index (χ0v) is 8.43. The number of ether oxygens (including phenoxy) is 1. The predicted octanol–water partition coefficient (Wildman–Crippen LogP) is 0.466. The Bertz CT molecular complexity index is 309. The molecule has 1 unspecified atom stereocenters. The lowest BCUT2D eigenvalue weighted by Gasteiger charge is -2.11. The van der Waals surface area contributed by atoms with Crippen LogP contribution in [0.1, 0.15) is 25.1 Å². The van der Waals surface area contributed by atoms with Gasteiger partial charge in [0.25, 0.3) is 0 Å². The molecular formula is C9H15N3O2. The van der Waals surface area contributed by atoms with Crippen LogP contribution in [0.5, 0.6) is 0 Å². The summed E-state index contributed by atoms with van der Waals surface area (Å²) in [5, 5.41) is 0. The van der Waals surface area contributed by atoms with Crippen molar-refractivity contribution in [2.45, 2.75) is 25.9 Å². The van der Waals surface area contributed by atoms with E-state index in [-0.39, 0.29) is 0 Å². The number of aryl methyl sites for hydroxylation is 1. The molecule has 0 spiro atoms. The molecule has 0 aromatic carbocycles. The highest BCUT2D eigenvalue weighted by molar-refractivity contribution is 5.76. The number of nitrogens with two attached hydrogens (primary N) is 1. The number of methoxy groups -OCH3 is 1. The maximum absolute atomic E-state index is 11.2. The van der Waals surface area contributed by atoms with Gasteiger partial charge in [0.2, 0.25) is 0 Å². The monoisotopic (exact) mass is 197 g/mol. The largest absolute Gasteiger partial charge is 0.468 e. The van der Waals surface area contributed by atoms with Crippen molar-refractivity contribution in [1.29, 1.82) is 0 Å². The number of hydrogen-bond donors (Lipinski definition) is 1. The normalized spacial score (nSPS) is 12.5. The summed E-state index contributed by atoms with van der Waals surface area (Å²) in [4.78, 5) is 15.1. The Labute approximate surface area is 82.9 Å². The summed E-state index contributed by atoms with van der Waals surface area (Å²) < 4.78 is 6.43. The van der Waals surface area contributed by atoms with Crippen molar-refractivity contribution in [3.8, 4) is 0 Å². The number of imidazole rings is 1. The minimum Gasteiger partial charge on any atom is -0.468 e. The van der Waals surface area contributed by atoms with Crippen LogP contribution in [-0.4, -0.2) is 22.6 Å². The molecule has 5 heteroatoms. The fourth-order valence-electron chi connectivity index (χ4n) is 1.27. The Balaban J connectivity index is 2.83. The first-order valence-corrected chi connectivity index (χ1v) is 4.54. The Morgan fingerprint density at radius 2 is 2.50 bits per heavy atom. The molecule has 0 amide bonds. The zero-order chi connectivity index (χ0) is 10.6. The van der Waals surface area contributed by atoms with Crippen molar-refractivity contribution in [3.05, 3.63) is 18.2 Å². The molecule has 5 nitrogen and oxygen atoms in total. The van der Waals surface area contributed by atoms with Crippen LogP contribution in [0, 0.1) is 0 Å². The molecule has 0 fully saturated rings. The third kappa shape index (κ3) is 2.11. The van der Waals surface area contributed by atoms with Crippen LogP contribution in [-0.2, 0) is 16.1 Å². The van der Waals surface area contributed by atoms with Gasteiger partial charge in [0.15, 0.2) is 0 Å². The third-order valence-corrected chi connectivity index (χ3v) is 1.98. The Hall–Kier alpha value is -1.36. The maximum Gasteiger partial charge on any atom is 0.328 e. The first-order chi connectivity index (χ1) is 6.70. The van der Waals surface area contributed by atoms with Crippen LogP contribution < -0.4 is 5.73 Å². The molecule has 78 valence electrons. The van der Waals surface area contributed by atoms with E-state index in [2.05, 4.69) is 9.72 Å². The van der Waals surface area contributed by atoms with Gasteiger partial charge in [-0.25, -0.2) is 9.78 Å². The van der Waals surface area contributed by atoms with Gasteiger partial charge in [0.1, 0.15) is 6.04 Å². The van der Waals surface area contributed by atoms with Crippen LogP contribution in [0.4, 0.5) is 0 Å². The van der Waals surface area contributed by atoms with Gasteiger partial charge in [-0.3, -0.25) is 0 Å². The lowest BCUT2D eigenvalue weighted by atomic mass is 10.2. The van der Waals surface area contributed by atoms with Crippen molar-refractivity contribution in [1.82, 2.24) is 9.55 Å². The fraction of sp³-hybridized carbons (Fsp3) is 0.556. The molecule has 1 rings (SSSR count). The van der Waals surface area contributed by atoms with Crippen LogP contribution >= 0.6 is 0 Å². The number of rotatable bonds is 4. The second-order valence-corrected chi connectivity index (χ2v) is 3.01. The van der Waals surface area contributed by atoms with Gasteiger partial charge in [-0.05, 0) is 6.42 Å². The van der Waals surface area contributed by atoms with Gasteiger partial charge < -0.3 is 15.0 Å². The van der Waals surface area contributed by atoms with Gasteiger partial charge in [-0.2, -0.15) is 0 Å². The van der Waals surface area contributed by atoms with E-state index < -0.39 is 12.0 Å². The molecule has 0 saturated carbocycles. The number of hydrogen-bond acceptors (Lipinski definition) is 4. The van der Waals surface area contributed by atoms with Crippen molar-refractivity contribution < 1.29 is 9.53 Å². The summed E-state index contributed by atoms with van der Waals surface area (Å²) in [6, 6.07) is -0.742. The molecule has 0 aliphatic carbocycles. The van der Waals surface area contributed by atoms with Crippen molar-refractivity contribution in [2.75, 3.05) is 7.11 Å². The minimum atomic E-state index is -0.742. The highest BCUT2D eigenvalue weighted by atomic mass is 16.5. The molecule has 1 aromatic rings. The first-order valence-electron chi connectivity index (χ1n) is 4.54. The fourth-order valence-corrected chi connectivity index (χ4v) is 1.27. The van der Waals surface area contributed by atoms with E-state index in [1.807, 2.05) is 11.5 Å².